The number of carbonyl (C=O) groups is 1. The smallest absolute Gasteiger partial charge is 0.273 e. The van der Waals surface area contributed by atoms with Gasteiger partial charge in [-0.15, -0.1) is 22.7 Å². The van der Waals surface area contributed by atoms with Crippen molar-refractivity contribution in [1.29, 1.82) is 0 Å². The molecular formula is C16H13N3O3S3. The molecule has 0 saturated carbocycles. The summed E-state index contributed by atoms with van der Waals surface area (Å²) >= 11 is 2.59. The van der Waals surface area contributed by atoms with E-state index in [0.717, 1.165) is 16.2 Å². The number of para-hydroxylation sites is 1. The lowest BCUT2D eigenvalue weighted by Crippen LogP contribution is -2.21. The Hall–Kier alpha value is -2.49. The fraction of sp³-hybridized carbons (Fsp3) is 0. The summed E-state index contributed by atoms with van der Waals surface area (Å²) in [5.74, 6) is -0.503. The maximum atomic E-state index is 12.3. The van der Waals surface area contributed by atoms with Crippen LogP contribution >= 0.6 is 22.7 Å². The van der Waals surface area contributed by atoms with Gasteiger partial charge < -0.3 is 0 Å². The second kappa shape index (κ2) is 7.60. The van der Waals surface area contributed by atoms with Crippen LogP contribution in [0, 0.1) is 0 Å². The van der Waals surface area contributed by atoms with Crippen molar-refractivity contribution in [3.63, 3.8) is 0 Å². The Morgan fingerprint density at radius 2 is 1.76 bits per heavy atom. The number of carbonyl (C=O) groups excluding carboxylic acids is 1. The van der Waals surface area contributed by atoms with Gasteiger partial charge in [0.2, 0.25) is 0 Å². The summed E-state index contributed by atoms with van der Waals surface area (Å²) < 4.78 is 27.3. The largest absolute Gasteiger partial charge is 0.278 e. The molecule has 0 saturated heterocycles. The number of amides is 1. The van der Waals surface area contributed by atoms with Gasteiger partial charge in [0.05, 0.1) is 17.5 Å². The summed E-state index contributed by atoms with van der Waals surface area (Å²) in [5, 5.41) is 7.46. The molecule has 3 rings (SSSR count). The summed E-state index contributed by atoms with van der Waals surface area (Å²) in [5.41, 5.74) is 2.78. The molecule has 0 aliphatic carbocycles. The zero-order chi connectivity index (χ0) is 17.7. The first-order valence-corrected chi connectivity index (χ1v) is 10.3. The van der Waals surface area contributed by atoms with E-state index < -0.39 is 15.9 Å². The van der Waals surface area contributed by atoms with Crippen molar-refractivity contribution < 1.29 is 13.2 Å². The number of nitrogens with zero attached hydrogens (tertiary/aromatic N) is 1. The third kappa shape index (κ3) is 4.32. The second-order valence-electron chi connectivity index (χ2n) is 4.80. The SMILES string of the molecule is O=C(N/N=C\c1cccs1)c1ccccc1NS(=O)(=O)c1cccs1. The first-order chi connectivity index (χ1) is 12.1. The van der Waals surface area contributed by atoms with E-state index in [0.29, 0.717) is 0 Å². The van der Waals surface area contributed by atoms with Crippen molar-refractivity contribution in [2.24, 2.45) is 5.10 Å². The molecular weight excluding hydrogens is 378 g/mol. The van der Waals surface area contributed by atoms with Crippen molar-refractivity contribution in [3.05, 3.63) is 69.7 Å². The molecule has 3 aromatic rings. The van der Waals surface area contributed by atoms with E-state index in [1.165, 1.54) is 35.8 Å². The maximum absolute atomic E-state index is 12.3. The number of sulfonamides is 1. The molecule has 2 N–H and O–H groups in total. The van der Waals surface area contributed by atoms with E-state index in [1.54, 1.807) is 23.6 Å². The minimum atomic E-state index is -3.73. The minimum Gasteiger partial charge on any atom is -0.278 e. The third-order valence-corrected chi connectivity index (χ3v) is 6.65. The molecule has 9 heteroatoms. The molecule has 0 aliphatic heterocycles. The highest BCUT2D eigenvalue weighted by Crippen LogP contribution is 2.22. The Bertz CT molecular complexity index is 979. The summed E-state index contributed by atoms with van der Waals surface area (Å²) in [4.78, 5) is 13.2. The predicted octanol–water partition coefficient (Wildman–Crippen LogP) is 3.37. The first-order valence-electron chi connectivity index (χ1n) is 7.08. The fourth-order valence-electron chi connectivity index (χ4n) is 1.96. The molecule has 0 radical (unpaired) electrons. The van der Waals surface area contributed by atoms with Crippen LogP contribution in [0.25, 0.3) is 0 Å². The quantitative estimate of drug-likeness (QED) is 0.499. The van der Waals surface area contributed by atoms with Crippen LogP contribution in [-0.4, -0.2) is 20.5 Å². The second-order valence-corrected chi connectivity index (χ2v) is 8.63. The van der Waals surface area contributed by atoms with E-state index in [2.05, 4.69) is 15.2 Å². The van der Waals surface area contributed by atoms with Crippen LogP contribution in [0.3, 0.4) is 0 Å². The number of benzene rings is 1. The molecule has 6 nitrogen and oxygen atoms in total. The Morgan fingerprint density at radius 1 is 1.00 bits per heavy atom. The van der Waals surface area contributed by atoms with Crippen LogP contribution in [-0.2, 0) is 10.0 Å². The van der Waals surface area contributed by atoms with Crippen LogP contribution < -0.4 is 10.1 Å². The van der Waals surface area contributed by atoms with Crippen LogP contribution in [0.1, 0.15) is 15.2 Å². The molecule has 0 unspecified atom stereocenters. The standard InChI is InChI=1S/C16H13N3O3S3/c20-16(18-17-11-12-5-3-9-23-12)13-6-1-2-7-14(13)19-25(21,22)15-8-4-10-24-15/h1-11,19H,(H,18,20)/b17-11-. The van der Waals surface area contributed by atoms with Crippen molar-refractivity contribution >= 4 is 50.5 Å². The lowest BCUT2D eigenvalue weighted by molar-refractivity contribution is 0.0956. The molecule has 0 atom stereocenters. The zero-order valence-corrected chi connectivity index (χ0v) is 15.2. The maximum Gasteiger partial charge on any atom is 0.273 e. The normalized spacial score (nSPS) is 11.5. The van der Waals surface area contributed by atoms with Crippen LogP contribution in [0.4, 0.5) is 5.69 Å². The van der Waals surface area contributed by atoms with Crippen molar-refractivity contribution in [2.75, 3.05) is 4.72 Å². The molecule has 0 aliphatic rings. The molecule has 128 valence electrons. The van der Waals surface area contributed by atoms with E-state index in [-0.39, 0.29) is 15.5 Å². The summed E-state index contributed by atoms with van der Waals surface area (Å²) in [6.45, 7) is 0. The highest BCUT2D eigenvalue weighted by Gasteiger charge is 2.19. The van der Waals surface area contributed by atoms with Gasteiger partial charge in [-0.05, 0) is 35.0 Å². The average Bonchev–Trinajstić information content (AvgIpc) is 3.29. The summed E-state index contributed by atoms with van der Waals surface area (Å²) in [6.07, 6.45) is 1.53. The number of anilines is 1. The van der Waals surface area contributed by atoms with Gasteiger partial charge in [0.25, 0.3) is 15.9 Å². The molecule has 1 amide bonds. The van der Waals surface area contributed by atoms with Gasteiger partial charge in [0.1, 0.15) is 4.21 Å². The molecule has 1 aromatic carbocycles. The number of thiophene rings is 2. The molecule has 0 bridgehead atoms. The van der Waals surface area contributed by atoms with Gasteiger partial charge in [-0.25, -0.2) is 13.8 Å². The van der Waals surface area contributed by atoms with Crippen molar-refractivity contribution in [2.45, 2.75) is 4.21 Å². The van der Waals surface area contributed by atoms with Crippen molar-refractivity contribution in [3.8, 4) is 0 Å². The topological polar surface area (TPSA) is 87.6 Å². The van der Waals surface area contributed by atoms with Crippen LogP contribution in [0.2, 0.25) is 0 Å². The highest BCUT2D eigenvalue weighted by atomic mass is 32.2. The highest BCUT2D eigenvalue weighted by molar-refractivity contribution is 7.94. The third-order valence-electron chi connectivity index (χ3n) is 3.08. The monoisotopic (exact) mass is 391 g/mol. The minimum absolute atomic E-state index is 0.179. The summed E-state index contributed by atoms with van der Waals surface area (Å²) in [7, 11) is -3.73. The predicted molar refractivity (Wildman–Crippen MR) is 101 cm³/mol. The fourth-order valence-corrected chi connectivity index (χ4v) is 4.62. The van der Waals surface area contributed by atoms with Gasteiger partial charge >= 0.3 is 0 Å². The van der Waals surface area contributed by atoms with E-state index >= 15 is 0 Å². The lowest BCUT2D eigenvalue weighted by atomic mass is 10.2. The Labute approximate surface area is 152 Å². The van der Waals surface area contributed by atoms with Crippen LogP contribution in [0.5, 0.6) is 0 Å². The Morgan fingerprint density at radius 3 is 2.48 bits per heavy atom. The van der Waals surface area contributed by atoms with Gasteiger partial charge in [-0.2, -0.15) is 5.10 Å². The molecule has 0 fully saturated rings. The van der Waals surface area contributed by atoms with Crippen LogP contribution in [0.15, 0.2) is 68.6 Å². The van der Waals surface area contributed by atoms with Gasteiger partial charge in [0, 0.05) is 4.88 Å². The Balaban J connectivity index is 1.77. The van der Waals surface area contributed by atoms with Gasteiger partial charge in [0.15, 0.2) is 0 Å². The number of hydrogen-bond donors (Lipinski definition) is 2. The van der Waals surface area contributed by atoms with Gasteiger partial charge in [-0.1, -0.05) is 24.3 Å². The van der Waals surface area contributed by atoms with Crippen molar-refractivity contribution in [1.82, 2.24) is 5.43 Å². The zero-order valence-electron chi connectivity index (χ0n) is 12.7. The molecule has 2 heterocycles. The molecule has 0 spiro atoms. The summed E-state index contributed by atoms with van der Waals surface area (Å²) in [6, 6.07) is 13.3. The first kappa shape index (κ1) is 17.3. The van der Waals surface area contributed by atoms with E-state index in [9.17, 15) is 13.2 Å². The van der Waals surface area contributed by atoms with E-state index in [1.807, 2.05) is 17.5 Å². The lowest BCUT2D eigenvalue weighted by Gasteiger charge is -2.10. The number of nitrogens with one attached hydrogen (secondary N) is 2. The molecule has 25 heavy (non-hydrogen) atoms. The average molecular weight is 391 g/mol. The number of hydrogen-bond acceptors (Lipinski definition) is 6. The number of hydrazone groups is 1. The molecule has 2 aromatic heterocycles. The van der Waals surface area contributed by atoms with Gasteiger partial charge in [-0.3, -0.25) is 9.52 Å². The number of rotatable bonds is 6. The van der Waals surface area contributed by atoms with E-state index in [4.69, 9.17) is 0 Å². The Kier molecular flexibility index (Phi) is 5.27.